The van der Waals surface area contributed by atoms with Crippen LogP contribution in [0.4, 0.5) is 4.79 Å². The lowest BCUT2D eigenvalue weighted by atomic mass is 10.0. The number of nitrogens with one attached hydrogen (secondary N) is 2. The summed E-state index contributed by atoms with van der Waals surface area (Å²) < 4.78 is 0. The molecule has 1 heterocycles. The summed E-state index contributed by atoms with van der Waals surface area (Å²) in [4.78, 5) is 37.4. The van der Waals surface area contributed by atoms with Gasteiger partial charge in [0.05, 0.1) is 6.04 Å². The predicted molar refractivity (Wildman–Crippen MR) is 91.2 cm³/mol. The van der Waals surface area contributed by atoms with Crippen molar-refractivity contribution in [2.24, 2.45) is 5.92 Å². The van der Waals surface area contributed by atoms with E-state index < -0.39 is 12.1 Å². The van der Waals surface area contributed by atoms with Crippen molar-refractivity contribution in [2.75, 3.05) is 6.54 Å². The van der Waals surface area contributed by atoms with Crippen LogP contribution in [0.2, 0.25) is 0 Å². The zero-order chi connectivity index (χ0) is 17.9. The van der Waals surface area contributed by atoms with Crippen LogP contribution in [0.15, 0.2) is 24.3 Å². The number of nitrogens with zero attached hydrogens (tertiary/aromatic N) is 1. The lowest BCUT2D eigenvalue weighted by molar-refractivity contribution is -0.132. The van der Waals surface area contributed by atoms with Gasteiger partial charge in [-0.05, 0) is 37.3 Å². The molecular weight excluding hydrogens is 306 g/mol. The Bertz CT molecular complexity index is 642. The fourth-order valence-electron chi connectivity index (χ4n) is 2.94. The van der Waals surface area contributed by atoms with Crippen LogP contribution < -0.4 is 10.6 Å². The monoisotopic (exact) mass is 331 g/mol. The summed E-state index contributed by atoms with van der Waals surface area (Å²) in [6, 6.07) is 6.57. The van der Waals surface area contributed by atoms with E-state index >= 15 is 0 Å². The molecule has 1 fully saturated rings. The number of hydrogen-bond acceptors (Lipinski definition) is 3. The van der Waals surface area contributed by atoms with E-state index in [2.05, 4.69) is 10.6 Å². The van der Waals surface area contributed by atoms with Crippen LogP contribution in [0.1, 0.15) is 44.4 Å². The lowest BCUT2D eigenvalue weighted by Gasteiger charge is -2.19. The van der Waals surface area contributed by atoms with E-state index in [1.807, 2.05) is 52.0 Å². The van der Waals surface area contributed by atoms with Gasteiger partial charge in [0.1, 0.15) is 12.6 Å². The number of amides is 4. The van der Waals surface area contributed by atoms with Gasteiger partial charge < -0.3 is 10.6 Å². The average molecular weight is 331 g/mol. The van der Waals surface area contributed by atoms with E-state index in [-0.39, 0.29) is 30.3 Å². The molecule has 130 valence electrons. The second kappa shape index (κ2) is 7.47. The van der Waals surface area contributed by atoms with Crippen molar-refractivity contribution in [3.63, 3.8) is 0 Å². The third kappa shape index (κ3) is 4.13. The molecule has 1 aliphatic heterocycles. The van der Waals surface area contributed by atoms with E-state index in [0.29, 0.717) is 6.42 Å². The Morgan fingerprint density at radius 2 is 1.92 bits per heavy atom. The highest BCUT2D eigenvalue weighted by atomic mass is 16.2. The summed E-state index contributed by atoms with van der Waals surface area (Å²) >= 11 is 0. The summed E-state index contributed by atoms with van der Waals surface area (Å²) in [5.74, 6) is -0.388. The molecule has 2 atom stereocenters. The molecule has 2 unspecified atom stereocenters. The summed E-state index contributed by atoms with van der Waals surface area (Å²) in [5.41, 5.74) is 2.10. The van der Waals surface area contributed by atoms with E-state index in [9.17, 15) is 14.4 Å². The molecule has 0 spiro atoms. The van der Waals surface area contributed by atoms with Crippen LogP contribution >= 0.6 is 0 Å². The molecule has 0 radical (unpaired) electrons. The molecule has 4 amide bonds. The van der Waals surface area contributed by atoms with Gasteiger partial charge in [-0.25, -0.2) is 4.79 Å². The zero-order valence-electron chi connectivity index (χ0n) is 14.6. The first-order chi connectivity index (χ1) is 11.3. The first-order valence-corrected chi connectivity index (χ1v) is 8.26. The van der Waals surface area contributed by atoms with Crippen molar-refractivity contribution in [1.29, 1.82) is 0 Å². The van der Waals surface area contributed by atoms with Crippen LogP contribution in [-0.4, -0.2) is 35.3 Å². The molecule has 0 aromatic heterocycles. The van der Waals surface area contributed by atoms with Crippen molar-refractivity contribution in [3.8, 4) is 0 Å². The van der Waals surface area contributed by atoms with E-state index in [1.165, 1.54) is 0 Å². The first-order valence-electron chi connectivity index (χ1n) is 8.26. The number of rotatable bonds is 6. The standard InChI is InChI=1S/C18H25N3O3/c1-11(2)9-15-17(23)21(18(24)20-15)10-16(22)19-13(4)14-8-6-5-7-12(14)3/h5-8,11,13,15H,9-10H2,1-4H3,(H,19,22)(H,20,24). The fraction of sp³-hybridized carbons (Fsp3) is 0.500. The maximum atomic E-state index is 12.3. The largest absolute Gasteiger partial charge is 0.348 e. The minimum Gasteiger partial charge on any atom is -0.348 e. The van der Waals surface area contributed by atoms with Crippen molar-refractivity contribution >= 4 is 17.8 Å². The van der Waals surface area contributed by atoms with Gasteiger partial charge in [0.2, 0.25) is 5.91 Å². The summed E-state index contributed by atoms with van der Waals surface area (Å²) in [6.45, 7) is 7.58. The zero-order valence-corrected chi connectivity index (χ0v) is 14.6. The Balaban J connectivity index is 1.96. The molecule has 2 rings (SSSR count). The Labute approximate surface area is 142 Å². The van der Waals surface area contributed by atoms with Crippen molar-refractivity contribution in [1.82, 2.24) is 15.5 Å². The normalized spacial score (nSPS) is 18.7. The Kier molecular flexibility index (Phi) is 5.59. The lowest BCUT2D eigenvalue weighted by Crippen LogP contribution is -2.42. The molecule has 0 bridgehead atoms. The quantitative estimate of drug-likeness (QED) is 0.784. The Hall–Kier alpha value is -2.37. The third-order valence-corrected chi connectivity index (χ3v) is 4.15. The van der Waals surface area contributed by atoms with Gasteiger partial charge in [-0.2, -0.15) is 0 Å². The van der Waals surface area contributed by atoms with Crippen LogP contribution in [0.25, 0.3) is 0 Å². The maximum absolute atomic E-state index is 12.3. The predicted octanol–water partition coefficient (Wildman–Crippen LogP) is 2.14. The second-order valence-electron chi connectivity index (χ2n) is 6.70. The van der Waals surface area contributed by atoms with Crippen molar-refractivity contribution < 1.29 is 14.4 Å². The van der Waals surface area contributed by atoms with E-state index in [4.69, 9.17) is 0 Å². The molecule has 0 saturated carbocycles. The number of benzene rings is 1. The van der Waals surface area contributed by atoms with Gasteiger partial charge >= 0.3 is 6.03 Å². The van der Waals surface area contributed by atoms with E-state index in [0.717, 1.165) is 16.0 Å². The molecule has 1 aromatic carbocycles. The number of urea groups is 1. The fourth-order valence-corrected chi connectivity index (χ4v) is 2.94. The smallest absolute Gasteiger partial charge is 0.325 e. The van der Waals surface area contributed by atoms with Gasteiger partial charge in [0, 0.05) is 0 Å². The van der Waals surface area contributed by atoms with Crippen LogP contribution in [0.5, 0.6) is 0 Å². The van der Waals surface area contributed by atoms with Gasteiger partial charge in [-0.15, -0.1) is 0 Å². The van der Waals surface area contributed by atoms with Crippen LogP contribution in [-0.2, 0) is 9.59 Å². The molecule has 0 aliphatic carbocycles. The number of imide groups is 1. The van der Waals surface area contributed by atoms with Crippen LogP contribution in [0, 0.1) is 12.8 Å². The molecule has 24 heavy (non-hydrogen) atoms. The molecule has 6 nitrogen and oxygen atoms in total. The van der Waals surface area contributed by atoms with Crippen LogP contribution in [0.3, 0.4) is 0 Å². The molecule has 1 saturated heterocycles. The SMILES string of the molecule is Cc1ccccc1C(C)NC(=O)CN1C(=O)NC(CC(C)C)C1=O. The highest BCUT2D eigenvalue weighted by molar-refractivity contribution is 6.06. The summed E-state index contributed by atoms with van der Waals surface area (Å²) in [5, 5.41) is 5.49. The number of hydrogen-bond donors (Lipinski definition) is 2. The second-order valence-corrected chi connectivity index (χ2v) is 6.70. The summed E-state index contributed by atoms with van der Waals surface area (Å²) in [7, 11) is 0. The molecule has 2 N–H and O–H groups in total. The average Bonchev–Trinajstić information content (AvgIpc) is 2.74. The summed E-state index contributed by atoms with van der Waals surface area (Å²) in [6.07, 6.45) is 0.572. The van der Waals surface area contributed by atoms with Gasteiger partial charge in [-0.3, -0.25) is 14.5 Å². The first kappa shape index (κ1) is 18.0. The highest BCUT2D eigenvalue weighted by Crippen LogP contribution is 2.17. The number of carbonyl (C=O) groups excluding carboxylic acids is 3. The van der Waals surface area contributed by atoms with Gasteiger partial charge in [0.15, 0.2) is 0 Å². The Morgan fingerprint density at radius 1 is 1.25 bits per heavy atom. The van der Waals surface area contributed by atoms with Crippen molar-refractivity contribution in [3.05, 3.63) is 35.4 Å². The molecule has 1 aromatic rings. The number of carbonyl (C=O) groups is 3. The van der Waals surface area contributed by atoms with Gasteiger partial charge in [0.25, 0.3) is 5.91 Å². The van der Waals surface area contributed by atoms with E-state index in [1.54, 1.807) is 0 Å². The topological polar surface area (TPSA) is 78.5 Å². The molecule has 1 aliphatic rings. The minimum atomic E-state index is -0.529. The third-order valence-electron chi connectivity index (χ3n) is 4.15. The molecule has 6 heteroatoms. The minimum absolute atomic E-state index is 0.189. The highest BCUT2D eigenvalue weighted by Gasteiger charge is 2.39. The number of aryl methyl sites for hydroxylation is 1. The van der Waals surface area contributed by atoms with Gasteiger partial charge in [-0.1, -0.05) is 38.1 Å². The Morgan fingerprint density at radius 3 is 2.54 bits per heavy atom. The molecular formula is C18H25N3O3. The maximum Gasteiger partial charge on any atom is 0.325 e. The van der Waals surface area contributed by atoms with Crippen molar-refractivity contribution in [2.45, 2.75) is 46.2 Å².